The van der Waals surface area contributed by atoms with E-state index in [4.69, 9.17) is 11.6 Å². The van der Waals surface area contributed by atoms with Crippen LogP contribution in [0.25, 0.3) is 0 Å². The third-order valence-corrected chi connectivity index (χ3v) is 6.21. The summed E-state index contributed by atoms with van der Waals surface area (Å²) >= 11 is 6.05. The van der Waals surface area contributed by atoms with Gasteiger partial charge in [0.05, 0.1) is 5.02 Å². The minimum atomic E-state index is -3.58. The van der Waals surface area contributed by atoms with Crippen molar-refractivity contribution in [3.8, 4) is 0 Å². The molecule has 1 saturated heterocycles. The Morgan fingerprint density at radius 1 is 1.24 bits per heavy atom. The van der Waals surface area contributed by atoms with Gasteiger partial charge in [-0.15, -0.1) is 0 Å². The standard InChI is InChI=1S/C14H17ClN2O3S/c15-12-6-5-11(16-14(18)10-3-4-10)9-13(12)21(19,20)17-7-1-2-8-17/h5-6,9-10H,1-4,7-8H2,(H,16,18). The number of nitrogens with one attached hydrogen (secondary N) is 1. The van der Waals surface area contributed by atoms with Gasteiger partial charge in [0.2, 0.25) is 15.9 Å². The van der Waals surface area contributed by atoms with Crippen molar-refractivity contribution >= 4 is 33.2 Å². The van der Waals surface area contributed by atoms with Crippen molar-refractivity contribution in [2.75, 3.05) is 18.4 Å². The van der Waals surface area contributed by atoms with Crippen LogP contribution in [0.2, 0.25) is 5.02 Å². The fourth-order valence-electron chi connectivity index (χ4n) is 2.44. The molecular formula is C14H17ClN2O3S. The highest BCUT2D eigenvalue weighted by Gasteiger charge is 2.31. The smallest absolute Gasteiger partial charge is 0.244 e. The van der Waals surface area contributed by atoms with Crippen molar-refractivity contribution in [1.29, 1.82) is 0 Å². The molecule has 21 heavy (non-hydrogen) atoms. The second-order valence-electron chi connectivity index (χ2n) is 5.52. The van der Waals surface area contributed by atoms with Crippen LogP contribution in [0.1, 0.15) is 25.7 Å². The third-order valence-electron chi connectivity index (χ3n) is 3.83. The largest absolute Gasteiger partial charge is 0.326 e. The Hall–Kier alpha value is -1.11. The number of hydrogen-bond acceptors (Lipinski definition) is 3. The summed E-state index contributed by atoms with van der Waals surface area (Å²) in [4.78, 5) is 11.8. The molecule has 1 amide bonds. The van der Waals surface area contributed by atoms with Crippen LogP contribution >= 0.6 is 11.6 Å². The number of sulfonamides is 1. The van der Waals surface area contributed by atoms with Crippen molar-refractivity contribution < 1.29 is 13.2 Å². The van der Waals surface area contributed by atoms with E-state index in [9.17, 15) is 13.2 Å². The monoisotopic (exact) mass is 328 g/mol. The Morgan fingerprint density at radius 3 is 2.52 bits per heavy atom. The summed E-state index contributed by atoms with van der Waals surface area (Å²) in [5.41, 5.74) is 0.481. The van der Waals surface area contributed by atoms with E-state index < -0.39 is 10.0 Å². The van der Waals surface area contributed by atoms with Gasteiger partial charge in [0, 0.05) is 24.7 Å². The second kappa shape index (κ2) is 5.59. The normalized spacial score (nSPS) is 19.7. The van der Waals surface area contributed by atoms with E-state index in [1.807, 2.05) is 0 Å². The number of carbonyl (C=O) groups is 1. The topological polar surface area (TPSA) is 66.5 Å². The average Bonchev–Trinajstić information content (AvgIpc) is 3.15. The highest BCUT2D eigenvalue weighted by Crippen LogP contribution is 2.32. The molecule has 2 aliphatic rings. The zero-order valence-corrected chi connectivity index (χ0v) is 13.1. The molecule has 5 nitrogen and oxygen atoms in total. The van der Waals surface area contributed by atoms with Crippen molar-refractivity contribution in [2.45, 2.75) is 30.6 Å². The lowest BCUT2D eigenvalue weighted by molar-refractivity contribution is -0.117. The molecular weight excluding hydrogens is 312 g/mol. The number of nitrogens with zero attached hydrogens (tertiary/aromatic N) is 1. The minimum absolute atomic E-state index is 0.0538. The third kappa shape index (κ3) is 3.07. The molecule has 1 N–H and O–H groups in total. The predicted octanol–water partition coefficient (Wildman–Crippen LogP) is 2.47. The fraction of sp³-hybridized carbons (Fsp3) is 0.500. The minimum Gasteiger partial charge on any atom is -0.326 e. The van der Waals surface area contributed by atoms with E-state index in [2.05, 4.69) is 5.32 Å². The van der Waals surface area contributed by atoms with Crippen LogP contribution in [0.3, 0.4) is 0 Å². The SMILES string of the molecule is O=C(Nc1ccc(Cl)c(S(=O)(=O)N2CCCC2)c1)C1CC1. The highest BCUT2D eigenvalue weighted by atomic mass is 35.5. The van der Waals surface area contributed by atoms with Crippen molar-refractivity contribution in [2.24, 2.45) is 5.92 Å². The summed E-state index contributed by atoms with van der Waals surface area (Å²) in [5.74, 6) is 0.0150. The number of carbonyl (C=O) groups excluding carboxylic acids is 1. The Kier molecular flexibility index (Phi) is 3.94. The molecule has 3 rings (SSSR count). The average molecular weight is 329 g/mol. The van der Waals surface area contributed by atoms with E-state index in [-0.39, 0.29) is 21.7 Å². The zero-order valence-electron chi connectivity index (χ0n) is 11.5. The number of rotatable bonds is 4. The van der Waals surface area contributed by atoms with E-state index in [1.54, 1.807) is 6.07 Å². The van der Waals surface area contributed by atoms with Gasteiger partial charge >= 0.3 is 0 Å². The van der Waals surface area contributed by atoms with Crippen LogP contribution in [0, 0.1) is 5.92 Å². The van der Waals surface area contributed by atoms with Gasteiger partial charge in [-0.3, -0.25) is 4.79 Å². The first-order chi connectivity index (χ1) is 9.98. The van der Waals surface area contributed by atoms with Crippen LogP contribution in [0.5, 0.6) is 0 Å². The Labute approximate surface area is 129 Å². The number of amides is 1. The van der Waals surface area contributed by atoms with Gasteiger partial charge in [-0.05, 0) is 43.9 Å². The van der Waals surface area contributed by atoms with E-state index in [1.165, 1.54) is 16.4 Å². The molecule has 1 aliphatic heterocycles. The van der Waals surface area contributed by atoms with Gasteiger partial charge in [0.1, 0.15) is 4.90 Å². The number of anilines is 1. The molecule has 1 saturated carbocycles. The fourth-order valence-corrected chi connectivity index (χ4v) is 4.45. The van der Waals surface area contributed by atoms with Crippen LogP contribution in [0.15, 0.2) is 23.1 Å². The van der Waals surface area contributed by atoms with Crippen LogP contribution in [-0.4, -0.2) is 31.7 Å². The van der Waals surface area contributed by atoms with Crippen LogP contribution in [-0.2, 0) is 14.8 Å². The van der Waals surface area contributed by atoms with Crippen molar-refractivity contribution in [1.82, 2.24) is 4.31 Å². The molecule has 7 heteroatoms. The highest BCUT2D eigenvalue weighted by molar-refractivity contribution is 7.89. The Balaban J connectivity index is 1.88. The van der Waals surface area contributed by atoms with Gasteiger partial charge in [-0.1, -0.05) is 11.6 Å². The number of benzene rings is 1. The van der Waals surface area contributed by atoms with Gasteiger partial charge in [0.25, 0.3) is 0 Å². The Morgan fingerprint density at radius 2 is 1.90 bits per heavy atom. The molecule has 1 aromatic rings. The molecule has 1 aliphatic carbocycles. The molecule has 0 bridgehead atoms. The molecule has 0 spiro atoms. The summed E-state index contributed by atoms with van der Waals surface area (Å²) < 4.78 is 26.6. The van der Waals surface area contributed by atoms with Gasteiger partial charge < -0.3 is 5.32 Å². The van der Waals surface area contributed by atoms with E-state index in [0.717, 1.165) is 25.7 Å². The summed E-state index contributed by atoms with van der Waals surface area (Å²) in [6, 6.07) is 4.61. The molecule has 0 aromatic heterocycles. The van der Waals surface area contributed by atoms with Crippen LogP contribution in [0.4, 0.5) is 5.69 Å². The zero-order chi connectivity index (χ0) is 15.0. The van der Waals surface area contributed by atoms with E-state index >= 15 is 0 Å². The maximum absolute atomic E-state index is 12.6. The maximum atomic E-state index is 12.6. The second-order valence-corrected chi connectivity index (χ2v) is 7.83. The number of hydrogen-bond donors (Lipinski definition) is 1. The summed E-state index contributed by atoms with van der Waals surface area (Å²) in [5, 5.41) is 2.94. The van der Waals surface area contributed by atoms with Crippen molar-refractivity contribution in [3.05, 3.63) is 23.2 Å². The molecule has 1 heterocycles. The van der Waals surface area contributed by atoms with Gasteiger partial charge in [0.15, 0.2) is 0 Å². The quantitative estimate of drug-likeness (QED) is 0.923. The Bertz CT molecular complexity index is 665. The molecule has 0 unspecified atom stereocenters. The van der Waals surface area contributed by atoms with Gasteiger partial charge in [-0.2, -0.15) is 4.31 Å². The predicted molar refractivity (Wildman–Crippen MR) is 80.8 cm³/mol. The van der Waals surface area contributed by atoms with Crippen molar-refractivity contribution in [3.63, 3.8) is 0 Å². The lowest BCUT2D eigenvalue weighted by Gasteiger charge is -2.17. The molecule has 0 atom stereocenters. The molecule has 2 fully saturated rings. The molecule has 0 radical (unpaired) electrons. The summed E-state index contributed by atoms with van der Waals surface area (Å²) in [6.07, 6.45) is 3.54. The maximum Gasteiger partial charge on any atom is 0.244 e. The lowest BCUT2D eigenvalue weighted by Crippen LogP contribution is -2.28. The lowest BCUT2D eigenvalue weighted by atomic mass is 10.3. The van der Waals surface area contributed by atoms with Gasteiger partial charge in [-0.25, -0.2) is 8.42 Å². The van der Waals surface area contributed by atoms with Crippen LogP contribution < -0.4 is 5.32 Å². The summed E-state index contributed by atoms with van der Waals surface area (Å²) in [7, 11) is -3.58. The first kappa shape index (κ1) is 14.8. The summed E-state index contributed by atoms with van der Waals surface area (Å²) in [6.45, 7) is 1.05. The molecule has 1 aromatic carbocycles. The first-order valence-electron chi connectivity index (χ1n) is 7.09. The first-order valence-corrected chi connectivity index (χ1v) is 8.91. The van der Waals surface area contributed by atoms with E-state index in [0.29, 0.717) is 18.8 Å². The number of halogens is 1. The molecule has 114 valence electrons.